The lowest BCUT2D eigenvalue weighted by Gasteiger charge is -2.33. The molecule has 0 amide bonds. The first-order valence-electron chi connectivity index (χ1n) is 22.9. The first kappa shape index (κ1) is 39.4. The average molecular weight is 843 g/mol. The second-order valence-corrected chi connectivity index (χ2v) is 18.2. The van der Waals surface area contributed by atoms with E-state index in [2.05, 4.69) is 208 Å². The van der Waals surface area contributed by atoms with Crippen LogP contribution in [0.4, 0.5) is 0 Å². The van der Waals surface area contributed by atoms with E-state index < -0.39 is 5.41 Å². The quantitative estimate of drug-likeness (QED) is 0.148. The van der Waals surface area contributed by atoms with Gasteiger partial charge in [0.1, 0.15) is 0 Å². The van der Waals surface area contributed by atoms with E-state index in [0.717, 1.165) is 27.8 Å². The number of hydrogen-bond donors (Lipinski definition) is 1. The molecule has 0 aromatic heterocycles. The van der Waals surface area contributed by atoms with Crippen molar-refractivity contribution in [3.05, 3.63) is 281 Å². The Labute approximate surface area is 386 Å². The van der Waals surface area contributed by atoms with Crippen LogP contribution in [0.15, 0.2) is 236 Å². The van der Waals surface area contributed by atoms with Crippen LogP contribution in [0.5, 0.6) is 0 Å². The molecule has 2 aliphatic carbocycles. The van der Waals surface area contributed by atoms with Gasteiger partial charge < -0.3 is 5.41 Å². The van der Waals surface area contributed by atoms with E-state index in [1.165, 1.54) is 82.9 Å². The summed E-state index contributed by atoms with van der Waals surface area (Å²) in [5.41, 5.74) is 18.4. The molecule has 2 aliphatic rings. The van der Waals surface area contributed by atoms with Crippen LogP contribution in [0.3, 0.4) is 0 Å². The number of allylic oxidation sites excluding steroid dienone is 1. The van der Waals surface area contributed by atoms with Gasteiger partial charge in [0.15, 0.2) is 0 Å². The largest absolute Gasteiger partial charge is 0.300 e. The van der Waals surface area contributed by atoms with Gasteiger partial charge in [-0.05, 0) is 106 Å². The van der Waals surface area contributed by atoms with Gasteiger partial charge >= 0.3 is 0 Å². The lowest BCUT2D eigenvalue weighted by Crippen LogP contribution is -2.28. The van der Waals surface area contributed by atoms with Gasteiger partial charge in [0, 0.05) is 22.8 Å². The Balaban J connectivity index is 0.999. The summed E-state index contributed by atoms with van der Waals surface area (Å²) < 4.78 is 0. The Kier molecular flexibility index (Phi) is 9.26. The molecule has 2 heteroatoms. The number of aliphatic imine (C=N–C) groups is 1. The minimum absolute atomic E-state index is 0.204. The van der Waals surface area contributed by atoms with Crippen molar-refractivity contribution in [3.63, 3.8) is 0 Å². The van der Waals surface area contributed by atoms with Crippen molar-refractivity contribution in [2.75, 3.05) is 0 Å². The van der Waals surface area contributed by atoms with Crippen LogP contribution < -0.4 is 0 Å². The Bertz CT molecular complexity index is 3570. The molecule has 10 aromatic rings. The smallest absolute Gasteiger partial charge is 0.0723 e. The van der Waals surface area contributed by atoms with E-state index in [-0.39, 0.29) is 5.41 Å². The third-order valence-electron chi connectivity index (χ3n) is 14.2. The van der Waals surface area contributed by atoms with Gasteiger partial charge in [-0.15, -0.1) is 0 Å². The van der Waals surface area contributed by atoms with Crippen molar-refractivity contribution < 1.29 is 0 Å². The van der Waals surface area contributed by atoms with Gasteiger partial charge in [0.25, 0.3) is 0 Å². The highest BCUT2D eigenvalue weighted by molar-refractivity contribution is 6.12. The molecule has 312 valence electrons. The second kappa shape index (κ2) is 15.5. The second-order valence-electron chi connectivity index (χ2n) is 18.2. The van der Waals surface area contributed by atoms with Crippen molar-refractivity contribution in [3.8, 4) is 33.4 Å². The summed E-state index contributed by atoms with van der Waals surface area (Å²) >= 11 is 0. The predicted octanol–water partition coefficient (Wildman–Crippen LogP) is 15.9. The fourth-order valence-electron chi connectivity index (χ4n) is 11.4. The molecule has 0 saturated heterocycles. The van der Waals surface area contributed by atoms with Crippen molar-refractivity contribution >= 4 is 39.2 Å². The predicted molar refractivity (Wildman–Crippen MR) is 277 cm³/mol. The average Bonchev–Trinajstić information content (AvgIpc) is 3.81. The van der Waals surface area contributed by atoms with Crippen LogP contribution in [0, 0.1) is 5.41 Å². The number of nitrogens with zero attached hydrogens (tertiary/aromatic N) is 1. The van der Waals surface area contributed by atoms with Gasteiger partial charge in [-0.3, -0.25) is 4.99 Å². The lowest BCUT2D eigenvalue weighted by atomic mass is 9.67. The molecule has 10 aromatic carbocycles. The Morgan fingerprint density at radius 1 is 0.424 bits per heavy atom. The molecule has 0 saturated carbocycles. The zero-order chi connectivity index (χ0) is 44.4. The summed E-state index contributed by atoms with van der Waals surface area (Å²) in [5.74, 6) is 0. The molecule has 2 nitrogen and oxygen atoms in total. The molecular formula is C64H46N2. The molecule has 1 N–H and O–H groups in total. The number of fused-ring (bicyclic) bond motifs is 9. The molecule has 12 rings (SSSR count). The van der Waals surface area contributed by atoms with Crippen molar-refractivity contribution in [1.29, 1.82) is 5.41 Å². The van der Waals surface area contributed by atoms with E-state index in [1.54, 1.807) is 0 Å². The first-order chi connectivity index (χ1) is 32.4. The van der Waals surface area contributed by atoms with Crippen molar-refractivity contribution in [2.45, 2.75) is 24.7 Å². The maximum Gasteiger partial charge on any atom is 0.0723 e. The van der Waals surface area contributed by atoms with Crippen LogP contribution in [-0.2, 0) is 10.8 Å². The number of hydrogen-bond acceptors (Lipinski definition) is 2. The molecule has 0 spiro atoms. The normalized spacial score (nSPS) is 14.2. The van der Waals surface area contributed by atoms with E-state index in [4.69, 9.17) is 4.99 Å². The molecule has 0 bridgehead atoms. The highest BCUT2D eigenvalue weighted by Gasteiger charge is 2.46. The van der Waals surface area contributed by atoms with Crippen LogP contribution in [0.2, 0.25) is 0 Å². The maximum atomic E-state index is 9.34. The standard InChI is InChI=1S/C64H46N2/c1-63(2)61-49-27-13-12-19-42(49)33-37-55(61)54-31-18-30-53(62(54)63)51-36-34-45(48-26-14-15-28-50(48)51)41-66-60(40-59(65)43-20-6-3-7-21-43)44-35-38-58-56(39-44)52-29-16-17-32-57(52)64(58,46-22-8-4-9-23-46)47-24-10-5-11-25-47/h3-41,65H,1-2H3/b60-40-,65-59?,66-41?. The van der Waals surface area contributed by atoms with Gasteiger partial charge in [-0.1, -0.05) is 232 Å². The minimum Gasteiger partial charge on any atom is -0.300 e. The van der Waals surface area contributed by atoms with E-state index in [9.17, 15) is 5.41 Å². The van der Waals surface area contributed by atoms with Crippen molar-refractivity contribution in [2.24, 2.45) is 4.99 Å². The van der Waals surface area contributed by atoms with Crippen LogP contribution in [0.1, 0.15) is 63.9 Å². The molecule has 0 heterocycles. The number of nitrogens with one attached hydrogen (secondary N) is 1. The van der Waals surface area contributed by atoms with Gasteiger partial charge in [-0.2, -0.15) is 0 Å². The zero-order valence-electron chi connectivity index (χ0n) is 37.0. The summed E-state index contributed by atoms with van der Waals surface area (Å²) in [5, 5.41) is 14.2. The van der Waals surface area contributed by atoms with Gasteiger partial charge in [-0.25, -0.2) is 0 Å². The van der Waals surface area contributed by atoms with Crippen LogP contribution in [-0.4, -0.2) is 11.9 Å². The van der Waals surface area contributed by atoms with Crippen LogP contribution >= 0.6 is 0 Å². The van der Waals surface area contributed by atoms with E-state index in [0.29, 0.717) is 5.71 Å². The van der Waals surface area contributed by atoms with E-state index >= 15 is 0 Å². The summed E-state index contributed by atoms with van der Waals surface area (Å²) in [4.78, 5) is 5.35. The zero-order valence-corrected chi connectivity index (χ0v) is 37.0. The summed E-state index contributed by atoms with van der Waals surface area (Å²) in [6.45, 7) is 4.77. The molecule has 0 radical (unpaired) electrons. The SMILES string of the molecule is CC1(C)c2c(cccc2-c2ccc(C=N/C(=C\C(=N)c3ccccc3)c3ccc4c(c3)-c3ccccc3C4(c3ccccc3)c3ccccc3)c3ccccc23)-c2ccc3ccccc3c21. The Morgan fingerprint density at radius 3 is 1.73 bits per heavy atom. The highest BCUT2D eigenvalue weighted by atomic mass is 14.7. The third-order valence-corrected chi connectivity index (χ3v) is 14.2. The molecule has 0 fully saturated rings. The Morgan fingerprint density at radius 2 is 0.985 bits per heavy atom. The van der Waals surface area contributed by atoms with Crippen LogP contribution in [0.25, 0.3) is 60.6 Å². The molecular weight excluding hydrogens is 797 g/mol. The molecule has 66 heavy (non-hydrogen) atoms. The summed E-state index contributed by atoms with van der Waals surface area (Å²) in [6.07, 6.45) is 3.92. The highest BCUT2D eigenvalue weighted by Crippen LogP contribution is 2.57. The van der Waals surface area contributed by atoms with Gasteiger partial charge in [0.05, 0.1) is 16.8 Å². The summed E-state index contributed by atoms with van der Waals surface area (Å²) in [6, 6.07) is 80.8. The third kappa shape index (κ3) is 6.02. The molecule has 0 atom stereocenters. The molecule has 0 aliphatic heterocycles. The topological polar surface area (TPSA) is 36.2 Å². The fraction of sp³-hybridized carbons (Fsp3) is 0.0625. The Hall–Kier alpha value is -8.20. The lowest BCUT2D eigenvalue weighted by molar-refractivity contribution is 0.668. The summed E-state index contributed by atoms with van der Waals surface area (Å²) in [7, 11) is 0. The first-order valence-corrected chi connectivity index (χ1v) is 22.9. The molecule has 0 unspecified atom stereocenters. The van der Waals surface area contributed by atoms with Crippen molar-refractivity contribution in [1.82, 2.24) is 0 Å². The number of benzene rings is 10. The minimum atomic E-state index is -0.498. The van der Waals surface area contributed by atoms with E-state index in [1.807, 2.05) is 42.6 Å². The van der Waals surface area contributed by atoms with Gasteiger partial charge in [0.2, 0.25) is 0 Å². The monoisotopic (exact) mass is 842 g/mol. The number of rotatable bonds is 8. The maximum absolute atomic E-state index is 9.34. The fourth-order valence-corrected chi connectivity index (χ4v) is 11.4.